The SMILES string of the molecule is COc1ccccc1NC(=O)Nc1ccc([N+](=O)[O-])cc1O.O=C(Nc1ccc([N+](=O)[O-])cc1O)Nc1ccccc1C(F)(F)F.O=C(Nc1cccc(C(F)(F)F)c1)Nc1ccc([N+](=O)[O-])cc1O. The van der Waals surface area contributed by atoms with Crippen LogP contribution in [-0.4, -0.2) is 55.3 Å². The van der Waals surface area contributed by atoms with Crippen molar-refractivity contribution in [2.75, 3.05) is 39.0 Å². The number of rotatable bonds is 10. The number of halogens is 6. The van der Waals surface area contributed by atoms with Crippen LogP contribution in [0.4, 0.5) is 91.9 Å². The van der Waals surface area contributed by atoms with Gasteiger partial charge in [0.2, 0.25) is 0 Å². The summed E-state index contributed by atoms with van der Waals surface area (Å²) in [5.41, 5.74) is -3.42. The molecule has 0 aliphatic rings. The highest BCUT2D eigenvalue weighted by molar-refractivity contribution is 6.02. The van der Waals surface area contributed by atoms with Gasteiger partial charge in [-0.3, -0.25) is 30.3 Å². The van der Waals surface area contributed by atoms with E-state index < -0.39 is 85.0 Å². The van der Waals surface area contributed by atoms with Crippen LogP contribution in [0.3, 0.4) is 0 Å². The number of nitro benzene ring substituents is 3. The number of carbonyl (C=O) groups excluding carboxylic acids is 3. The van der Waals surface area contributed by atoms with Crippen LogP contribution in [0.15, 0.2) is 127 Å². The van der Waals surface area contributed by atoms with Gasteiger partial charge in [-0.25, -0.2) is 14.4 Å². The summed E-state index contributed by atoms with van der Waals surface area (Å²) in [6.45, 7) is 0. The number of nitrogens with zero attached hydrogens (tertiary/aromatic N) is 3. The van der Waals surface area contributed by atoms with Crippen molar-refractivity contribution >= 4 is 69.3 Å². The lowest BCUT2D eigenvalue weighted by Gasteiger charge is -2.14. The molecule has 0 aliphatic carbocycles. The molecular formula is C42H33F6N9O13. The maximum Gasteiger partial charge on any atom is 0.418 e. The number of ether oxygens (including phenoxy) is 1. The summed E-state index contributed by atoms with van der Waals surface area (Å²) in [5, 5.41) is 74.0. The molecule has 0 heterocycles. The fourth-order valence-electron chi connectivity index (χ4n) is 5.41. The number of aromatic hydroxyl groups is 3. The summed E-state index contributed by atoms with van der Waals surface area (Å²) < 4.78 is 81.4. The minimum absolute atomic E-state index is 0.0537. The van der Waals surface area contributed by atoms with Gasteiger partial charge in [-0.15, -0.1) is 0 Å². The van der Waals surface area contributed by atoms with Crippen LogP contribution in [0.5, 0.6) is 23.0 Å². The van der Waals surface area contributed by atoms with Crippen molar-refractivity contribution in [2.24, 2.45) is 0 Å². The molecule has 0 aliphatic heterocycles. The molecule has 0 aromatic heterocycles. The average Bonchev–Trinajstić information content (AvgIpc) is 3.28. The molecule has 0 fully saturated rings. The molecule has 28 heteroatoms. The Morgan fingerprint density at radius 1 is 0.471 bits per heavy atom. The zero-order valence-electron chi connectivity index (χ0n) is 35.2. The molecular weight excluding hydrogens is 952 g/mol. The van der Waals surface area contributed by atoms with Crippen LogP contribution < -0.4 is 36.6 Å². The Labute approximate surface area is 387 Å². The zero-order valence-corrected chi connectivity index (χ0v) is 35.2. The first kappa shape index (κ1) is 52.7. The third-order valence-corrected chi connectivity index (χ3v) is 8.60. The molecule has 0 saturated carbocycles. The first-order valence-corrected chi connectivity index (χ1v) is 19.0. The van der Waals surface area contributed by atoms with Crippen LogP contribution in [0, 0.1) is 30.3 Å². The second-order valence-electron chi connectivity index (χ2n) is 13.4. The Bertz CT molecular complexity index is 2920. The smallest absolute Gasteiger partial charge is 0.418 e. The van der Waals surface area contributed by atoms with Crippen LogP contribution in [-0.2, 0) is 12.4 Å². The standard InChI is InChI=1S/2C14H10F3N3O4.C14H13N3O5/c15-14(16,17)8-2-1-3-9(6-8)18-13(22)19-11-5-4-10(20(23)24)7-12(11)21;15-14(16,17)9-3-1-2-4-10(9)18-13(22)19-11-6-5-8(20(23)24)7-12(11)21;1-22-13-5-3-2-4-11(13)16-14(19)15-10-7-6-9(17(20)21)8-12(10)18/h2*1-7,21H,(H2,18,19,22);2-8,18H,1H3,(H2,15,16,19). The number of non-ortho nitro benzene ring substituents is 3. The molecule has 0 bridgehead atoms. The number of nitrogens with one attached hydrogen (secondary N) is 6. The zero-order chi connectivity index (χ0) is 51.9. The lowest BCUT2D eigenvalue weighted by Crippen LogP contribution is -2.21. The number of methoxy groups -OCH3 is 1. The molecule has 6 amide bonds. The van der Waals surface area contributed by atoms with Crippen molar-refractivity contribution in [1.82, 2.24) is 0 Å². The molecule has 366 valence electrons. The molecule has 0 atom stereocenters. The van der Waals surface area contributed by atoms with E-state index in [1.165, 1.54) is 37.4 Å². The highest BCUT2D eigenvalue weighted by atomic mass is 19.4. The van der Waals surface area contributed by atoms with Gasteiger partial charge in [0, 0.05) is 23.9 Å². The number of para-hydroxylation sites is 3. The quantitative estimate of drug-likeness (QED) is 0.0267. The second-order valence-corrected chi connectivity index (χ2v) is 13.4. The summed E-state index contributed by atoms with van der Waals surface area (Å²) in [4.78, 5) is 65.0. The number of hydrogen-bond donors (Lipinski definition) is 9. The van der Waals surface area contributed by atoms with E-state index in [1.54, 1.807) is 24.3 Å². The Morgan fingerprint density at radius 2 is 0.857 bits per heavy atom. The normalized spacial score (nSPS) is 10.6. The third-order valence-electron chi connectivity index (χ3n) is 8.60. The molecule has 6 aromatic carbocycles. The molecule has 0 unspecified atom stereocenters. The van der Waals surface area contributed by atoms with Crippen LogP contribution in [0.2, 0.25) is 0 Å². The van der Waals surface area contributed by atoms with E-state index in [0.717, 1.165) is 72.8 Å². The van der Waals surface area contributed by atoms with Crippen molar-refractivity contribution in [3.8, 4) is 23.0 Å². The van der Waals surface area contributed by atoms with Gasteiger partial charge < -0.3 is 52.0 Å². The Kier molecular flexibility index (Phi) is 17.3. The summed E-state index contributed by atoms with van der Waals surface area (Å²) in [7, 11) is 1.47. The molecule has 70 heavy (non-hydrogen) atoms. The molecule has 6 rings (SSSR count). The number of anilines is 6. The fraction of sp³-hybridized carbons (Fsp3) is 0.0714. The second kappa shape index (κ2) is 23.0. The van der Waals surface area contributed by atoms with E-state index >= 15 is 0 Å². The van der Waals surface area contributed by atoms with Gasteiger partial charge in [0.25, 0.3) is 17.1 Å². The Morgan fingerprint density at radius 3 is 1.26 bits per heavy atom. The first-order chi connectivity index (χ1) is 32.9. The predicted octanol–water partition coefficient (Wildman–Crippen LogP) is 10.9. The van der Waals surface area contributed by atoms with E-state index in [-0.39, 0.29) is 34.1 Å². The van der Waals surface area contributed by atoms with Gasteiger partial charge in [-0.1, -0.05) is 30.3 Å². The Hall–Kier alpha value is -9.89. The van der Waals surface area contributed by atoms with Gasteiger partial charge in [-0.2, -0.15) is 26.3 Å². The summed E-state index contributed by atoms with van der Waals surface area (Å²) in [6, 6.07) is 21.8. The molecule has 0 saturated heterocycles. The van der Waals surface area contributed by atoms with E-state index in [9.17, 15) is 86.4 Å². The first-order valence-electron chi connectivity index (χ1n) is 19.0. The van der Waals surface area contributed by atoms with Crippen molar-refractivity contribution in [1.29, 1.82) is 0 Å². The van der Waals surface area contributed by atoms with E-state index in [4.69, 9.17) is 4.74 Å². The number of nitro groups is 3. The average molecular weight is 986 g/mol. The molecule has 0 spiro atoms. The number of amides is 6. The minimum atomic E-state index is -4.65. The number of phenolic OH excluding ortho intramolecular Hbond substituents is 3. The molecule has 22 nitrogen and oxygen atoms in total. The van der Waals surface area contributed by atoms with Crippen molar-refractivity contribution in [2.45, 2.75) is 12.4 Å². The van der Waals surface area contributed by atoms with Gasteiger partial charge in [-0.05, 0) is 60.7 Å². The lowest BCUT2D eigenvalue weighted by molar-refractivity contribution is -0.385. The summed E-state index contributed by atoms with van der Waals surface area (Å²) >= 11 is 0. The number of benzene rings is 6. The van der Waals surface area contributed by atoms with Crippen LogP contribution in [0.25, 0.3) is 0 Å². The molecule has 9 N–H and O–H groups in total. The van der Waals surface area contributed by atoms with Crippen LogP contribution in [0.1, 0.15) is 11.1 Å². The topological polar surface area (TPSA) is 323 Å². The minimum Gasteiger partial charge on any atom is -0.506 e. The number of alkyl halides is 6. The maximum absolute atomic E-state index is 12.8. The van der Waals surface area contributed by atoms with Crippen molar-refractivity contribution in [3.05, 3.63) is 169 Å². The van der Waals surface area contributed by atoms with Gasteiger partial charge >= 0.3 is 30.4 Å². The van der Waals surface area contributed by atoms with Gasteiger partial charge in [0.05, 0.1) is 79.6 Å². The largest absolute Gasteiger partial charge is 0.506 e. The number of phenols is 3. The van der Waals surface area contributed by atoms with E-state index in [0.29, 0.717) is 11.4 Å². The van der Waals surface area contributed by atoms with Gasteiger partial charge in [0.15, 0.2) is 0 Å². The predicted molar refractivity (Wildman–Crippen MR) is 238 cm³/mol. The number of urea groups is 3. The van der Waals surface area contributed by atoms with Gasteiger partial charge in [0.1, 0.15) is 23.0 Å². The van der Waals surface area contributed by atoms with E-state index in [2.05, 4.69) is 26.6 Å². The summed E-state index contributed by atoms with van der Waals surface area (Å²) in [5.74, 6) is -1.07. The fourth-order valence-corrected chi connectivity index (χ4v) is 5.41. The monoisotopic (exact) mass is 985 g/mol. The van der Waals surface area contributed by atoms with Crippen molar-refractivity contribution in [3.63, 3.8) is 0 Å². The lowest BCUT2D eigenvalue weighted by atomic mass is 10.1. The van der Waals surface area contributed by atoms with Crippen molar-refractivity contribution < 1.29 is 75.6 Å². The number of carbonyl (C=O) groups is 3. The summed E-state index contributed by atoms with van der Waals surface area (Å²) in [6.07, 6.45) is -9.20. The highest BCUT2D eigenvalue weighted by Gasteiger charge is 2.34. The highest BCUT2D eigenvalue weighted by Crippen LogP contribution is 2.36. The third kappa shape index (κ3) is 15.4. The molecule has 0 radical (unpaired) electrons. The Balaban J connectivity index is 0.000000229. The maximum atomic E-state index is 12.8. The van der Waals surface area contributed by atoms with Crippen LogP contribution >= 0.6 is 0 Å². The molecule has 6 aromatic rings. The van der Waals surface area contributed by atoms with E-state index in [1.807, 2.05) is 5.32 Å². The number of hydrogen-bond acceptors (Lipinski definition) is 13.